The Morgan fingerprint density at radius 3 is 2.41 bits per heavy atom. The number of aromatic nitrogens is 1. The highest BCUT2D eigenvalue weighted by Gasteiger charge is 2.31. The van der Waals surface area contributed by atoms with Crippen LogP contribution in [0.5, 0.6) is 5.75 Å². The molecule has 0 saturated heterocycles. The van der Waals surface area contributed by atoms with E-state index in [1.807, 2.05) is 0 Å². The Morgan fingerprint density at radius 1 is 1.09 bits per heavy atom. The van der Waals surface area contributed by atoms with Crippen LogP contribution in [0.4, 0.5) is 18.9 Å². The van der Waals surface area contributed by atoms with Crippen LogP contribution in [0.3, 0.4) is 0 Å². The van der Waals surface area contributed by atoms with E-state index in [0.717, 1.165) is 0 Å². The molecule has 0 fully saturated rings. The van der Waals surface area contributed by atoms with Gasteiger partial charge in [-0.2, -0.15) is 13.2 Å². The number of alkyl halides is 3. The number of benzene rings is 2. The molecule has 0 saturated carbocycles. The molecular weight excluding hydrogens is 477 g/mol. The lowest BCUT2D eigenvalue weighted by Crippen LogP contribution is -2.30. The Hall–Kier alpha value is -3.79. The second-order valence-electron chi connectivity index (χ2n) is 7.00. The predicted molar refractivity (Wildman–Crippen MR) is 118 cm³/mol. The first-order chi connectivity index (χ1) is 16.1. The van der Waals surface area contributed by atoms with Crippen molar-refractivity contribution in [3.63, 3.8) is 0 Å². The number of hydrogen-bond acceptors (Lipinski definition) is 5. The maximum absolute atomic E-state index is 13.0. The first-order valence-electron chi connectivity index (χ1n) is 9.75. The lowest BCUT2D eigenvalue weighted by molar-refractivity contribution is -0.155. The molecular formula is C23H18ClF3N2O5. The van der Waals surface area contributed by atoms with E-state index in [9.17, 15) is 27.6 Å². The monoisotopic (exact) mass is 494 g/mol. The zero-order valence-corrected chi connectivity index (χ0v) is 18.4. The van der Waals surface area contributed by atoms with E-state index >= 15 is 0 Å². The number of hydrogen-bond donors (Lipinski definition) is 1. The minimum atomic E-state index is -4.70. The fourth-order valence-corrected chi connectivity index (χ4v) is 3.24. The fraction of sp³-hybridized carbons (Fsp3) is 0.174. The molecule has 0 aliphatic rings. The van der Waals surface area contributed by atoms with Crippen molar-refractivity contribution in [2.75, 3.05) is 12.4 Å². The molecule has 2 aromatic carbocycles. The zero-order valence-electron chi connectivity index (χ0n) is 17.6. The highest BCUT2D eigenvalue weighted by Crippen LogP contribution is 2.29. The third-order valence-corrected chi connectivity index (χ3v) is 4.91. The van der Waals surface area contributed by atoms with Crippen molar-refractivity contribution in [1.82, 2.24) is 4.57 Å². The lowest BCUT2D eigenvalue weighted by Gasteiger charge is -2.19. The van der Waals surface area contributed by atoms with Gasteiger partial charge in [0.15, 0.2) is 0 Å². The molecule has 11 heteroatoms. The van der Waals surface area contributed by atoms with Crippen LogP contribution in [0, 0.1) is 0 Å². The van der Waals surface area contributed by atoms with Gasteiger partial charge in [0.2, 0.25) is 6.10 Å². The van der Waals surface area contributed by atoms with Gasteiger partial charge in [0.05, 0.1) is 17.7 Å². The number of esters is 1. The van der Waals surface area contributed by atoms with Crippen LogP contribution < -0.4 is 15.6 Å². The molecule has 0 aliphatic heterocycles. The summed E-state index contributed by atoms with van der Waals surface area (Å²) in [6.45, 7) is -0.826. The largest absolute Gasteiger partial charge is 0.495 e. The second-order valence-corrected chi connectivity index (χ2v) is 7.41. The van der Waals surface area contributed by atoms with Crippen molar-refractivity contribution < 1.29 is 32.2 Å². The van der Waals surface area contributed by atoms with Gasteiger partial charge in [-0.25, -0.2) is 0 Å². The van der Waals surface area contributed by atoms with Gasteiger partial charge in [0.1, 0.15) is 12.3 Å². The third-order valence-electron chi connectivity index (χ3n) is 4.62. The smallest absolute Gasteiger partial charge is 0.417 e. The Morgan fingerprint density at radius 2 is 1.79 bits per heavy atom. The van der Waals surface area contributed by atoms with Gasteiger partial charge in [0.25, 0.3) is 11.5 Å². The molecule has 1 N–H and O–H groups in total. The highest BCUT2D eigenvalue weighted by atomic mass is 35.5. The van der Waals surface area contributed by atoms with Gasteiger partial charge in [-0.15, -0.1) is 0 Å². The Labute approximate surface area is 196 Å². The molecule has 0 aliphatic carbocycles. The summed E-state index contributed by atoms with van der Waals surface area (Å²) < 4.78 is 49.8. The Bertz CT molecular complexity index is 1250. The number of carbonyl (C=O) groups excluding carboxylic acids is 2. The van der Waals surface area contributed by atoms with Crippen LogP contribution in [-0.2, 0) is 27.0 Å². The molecule has 1 atom stereocenters. The van der Waals surface area contributed by atoms with Gasteiger partial charge in [0, 0.05) is 23.5 Å². The number of rotatable bonds is 7. The van der Waals surface area contributed by atoms with Gasteiger partial charge < -0.3 is 19.4 Å². The van der Waals surface area contributed by atoms with Crippen molar-refractivity contribution in [3.05, 3.63) is 93.4 Å². The minimum absolute atomic E-state index is 0.234. The van der Waals surface area contributed by atoms with Crippen LogP contribution in [0.25, 0.3) is 0 Å². The summed E-state index contributed by atoms with van der Waals surface area (Å²) in [5, 5.41) is 2.80. The molecule has 178 valence electrons. The fourth-order valence-electron chi connectivity index (χ4n) is 2.98. The Kier molecular flexibility index (Phi) is 7.62. The van der Waals surface area contributed by atoms with E-state index in [-0.39, 0.29) is 5.02 Å². The molecule has 7 nitrogen and oxygen atoms in total. The van der Waals surface area contributed by atoms with E-state index < -0.39 is 41.8 Å². The summed E-state index contributed by atoms with van der Waals surface area (Å²) in [4.78, 5) is 37.4. The molecule has 0 bridgehead atoms. The van der Waals surface area contributed by atoms with Crippen LogP contribution >= 0.6 is 11.6 Å². The average molecular weight is 495 g/mol. The minimum Gasteiger partial charge on any atom is -0.495 e. The lowest BCUT2D eigenvalue weighted by atomic mass is 10.1. The molecule has 1 amide bonds. The SMILES string of the molecule is COc1ccc(NC(=O)C(OC(=O)Cn2cc(C(F)(F)F)ccc2=O)c2ccccc2)cc1Cl. The van der Waals surface area contributed by atoms with E-state index in [1.165, 1.54) is 37.4 Å². The van der Waals surface area contributed by atoms with E-state index in [0.29, 0.717) is 39.9 Å². The third kappa shape index (κ3) is 6.16. The normalized spacial score (nSPS) is 12.0. The molecule has 1 unspecified atom stereocenters. The second kappa shape index (κ2) is 10.4. The van der Waals surface area contributed by atoms with E-state index in [4.69, 9.17) is 21.1 Å². The summed E-state index contributed by atoms with van der Waals surface area (Å²) in [6.07, 6.45) is -5.64. The molecule has 1 aromatic heterocycles. The summed E-state index contributed by atoms with van der Waals surface area (Å²) in [5.74, 6) is -1.44. The maximum Gasteiger partial charge on any atom is 0.417 e. The van der Waals surface area contributed by atoms with Crippen molar-refractivity contribution in [1.29, 1.82) is 0 Å². The number of nitrogens with one attached hydrogen (secondary N) is 1. The molecule has 1 heterocycles. The first-order valence-corrected chi connectivity index (χ1v) is 10.1. The number of pyridine rings is 1. The topological polar surface area (TPSA) is 86.6 Å². The number of amides is 1. The number of nitrogens with zero attached hydrogens (tertiary/aromatic N) is 1. The van der Waals surface area contributed by atoms with Gasteiger partial charge in [-0.05, 0) is 24.3 Å². The van der Waals surface area contributed by atoms with Gasteiger partial charge in [-0.3, -0.25) is 14.4 Å². The standard InChI is InChI=1S/C23H18ClF3N2O5/c1-33-18-9-8-16(11-17(18)24)28-22(32)21(14-5-3-2-4-6-14)34-20(31)13-29-12-15(23(25,26)27)7-10-19(29)30/h2-12,21H,13H2,1H3,(H,28,32). The molecule has 0 spiro atoms. The van der Waals surface area contributed by atoms with Crippen LogP contribution in [0.2, 0.25) is 5.02 Å². The van der Waals surface area contributed by atoms with Crippen molar-refractivity contribution in [2.24, 2.45) is 0 Å². The van der Waals surface area contributed by atoms with Crippen molar-refractivity contribution in [3.8, 4) is 5.75 Å². The summed E-state index contributed by atoms with van der Waals surface area (Å²) in [5.41, 5.74) is -1.33. The highest BCUT2D eigenvalue weighted by molar-refractivity contribution is 6.32. The Balaban J connectivity index is 1.82. The van der Waals surface area contributed by atoms with Crippen molar-refractivity contribution in [2.45, 2.75) is 18.8 Å². The summed E-state index contributed by atoms with van der Waals surface area (Å²) in [7, 11) is 1.43. The maximum atomic E-state index is 13.0. The molecule has 0 radical (unpaired) electrons. The van der Waals surface area contributed by atoms with E-state index in [2.05, 4.69) is 5.32 Å². The average Bonchev–Trinajstić information content (AvgIpc) is 2.79. The number of methoxy groups -OCH3 is 1. The van der Waals surface area contributed by atoms with Crippen LogP contribution in [0.1, 0.15) is 17.2 Å². The zero-order chi connectivity index (χ0) is 24.9. The number of carbonyl (C=O) groups is 2. The van der Waals surface area contributed by atoms with Gasteiger partial charge in [-0.1, -0.05) is 41.9 Å². The van der Waals surface area contributed by atoms with Crippen molar-refractivity contribution >= 4 is 29.2 Å². The van der Waals surface area contributed by atoms with Crippen LogP contribution in [0.15, 0.2) is 71.7 Å². The number of halogens is 4. The van der Waals surface area contributed by atoms with Gasteiger partial charge >= 0.3 is 12.1 Å². The quantitative estimate of drug-likeness (QED) is 0.490. The molecule has 34 heavy (non-hydrogen) atoms. The summed E-state index contributed by atoms with van der Waals surface area (Å²) >= 11 is 6.07. The predicted octanol–water partition coefficient (Wildman–Crippen LogP) is 4.45. The van der Waals surface area contributed by atoms with Crippen LogP contribution in [-0.4, -0.2) is 23.6 Å². The molecule has 3 rings (SSSR count). The van der Waals surface area contributed by atoms with E-state index in [1.54, 1.807) is 18.2 Å². The summed E-state index contributed by atoms with van der Waals surface area (Å²) in [6, 6.07) is 13.8. The molecule has 3 aromatic rings. The number of anilines is 1. The number of ether oxygens (including phenoxy) is 2. The first kappa shape index (κ1) is 24.8.